The molecule has 0 aliphatic carbocycles. The lowest BCUT2D eigenvalue weighted by Crippen LogP contribution is -2.32. The Hall–Kier alpha value is -2.11. The van der Waals surface area contributed by atoms with Crippen LogP contribution in [-0.4, -0.2) is 17.7 Å². The van der Waals surface area contributed by atoms with Crippen LogP contribution in [0.25, 0.3) is 0 Å². The highest BCUT2D eigenvalue weighted by atomic mass is 35.5. The normalized spacial score (nSPS) is 11.6. The van der Waals surface area contributed by atoms with E-state index in [2.05, 4.69) is 49.6 Å². The molecule has 4 nitrogen and oxygen atoms in total. The van der Waals surface area contributed by atoms with Gasteiger partial charge in [0.1, 0.15) is 0 Å². The summed E-state index contributed by atoms with van der Waals surface area (Å²) in [6.07, 6.45) is 0.888. The van der Waals surface area contributed by atoms with Crippen LogP contribution >= 0.6 is 23.8 Å². The third kappa shape index (κ3) is 5.68. The quantitative estimate of drug-likeness (QED) is 0.486. The van der Waals surface area contributed by atoms with Crippen LogP contribution in [0.5, 0.6) is 0 Å². The summed E-state index contributed by atoms with van der Waals surface area (Å²) in [7, 11) is 0. The van der Waals surface area contributed by atoms with Gasteiger partial charge in [-0.15, -0.1) is 0 Å². The van der Waals surface area contributed by atoms with E-state index >= 15 is 0 Å². The minimum atomic E-state index is -0.452. The Bertz CT molecular complexity index is 839. The van der Waals surface area contributed by atoms with Gasteiger partial charge in [-0.3, -0.25) is 0 Å². The molecular weight excluding hydrogens is 380 g/mol. The first-order valence-electron chi connectivity index (χ1n) is 8.97. The molecule has 0 saturated carbocycles. The zero-order chi connectivity index (χ0) is 20.0. The fourth-order valence-electron chi connectivity index (χ4n) is 2.70. The number of hydrogen-bond acceptors (Lipinski definition) is 3. The first kappa shape index (κ1) is 21.2. The summed E-state index contributed by atoms with van der Waals surface area (Å²) in [5.41, 5.74) is 4.70. The summed E-state index contributed by atoms with van der Waals surface area (Å²) in [5, 5.41) is 7.29. The molecule has 2 aromatic carbocycles. The van der Waals surface area contributed by atoms with Crippen molar-refractivity contribution in [2.24, 2.45) is 0 Å². The van der Waals surface area contributed by atoms with E-state index in [9.17, 15) is 4.79 Å². The Morgan fingerprint density at radius 3 is 2.52 bits per heavy atom. The molecule has 0 aliphatic heterocycles. The standard InChI is InChI=1S/C21H25ClN2O2S/c1-5-19(15-8-7-13(3)14(4)11-15)24-21(27)23-16-9-10-18(22)17(12-16)20(25)26-6-2/h7-12,19H,5-6H2,1-4H3,(H2,23,24,27)/t19-/m1/s1. The molecule has 2 N–H and O–H groups in total. The summed E-state index contributed by atoms with van der Waals surface area (Å²) in [4.78, 5) is 12.0. The lowest BCUT2D eigenvalue weighted by molar-refractivity contribution is 0.0526. The summed E-state index contributed by atoms with van der Waals surface area (Å²) in [6, 6.07) is 11.6. The summed E-state index contributed by atoms with van der Waals surface area (Å²) in [6.45, 7) is 8.36. The summed E-state index contributed by atoms with van der Waals surface area (Å²) in [5.74, 6) is -0.452. The lowest BCUT2D eigenvalue weighted by Gasteiger charge is -2.21. The van der Waals surface area contributed by atoms with E-state index < -0.39 is 5.97 Å². The van der Waals surface area contributed by atoms with Crippen molar-refractivity contribution in [1.82, 2.24) is 5.32 Å². The first-order valence-corrected chi connectivity index (χ1v) is 9.75. The number of carbonyl (C=O) groups is 1. The predicted molar refractivity (Wildman–Crippen MR) is 116 cm³/mol. The van der Waals surface area contributed by atoms with Crippen LogP contribution in [0.2, 0.25) is 5.02 Å². The molecule has 6 heteroatoms. The first-order chi connectivity index (χ1) is 12.8. The van der Waals surface area contributed by atoms with E-state index in [-0.39, 0.29) is 6.04 Å². The van der Waals surface area contributed by atoms with Crippen molar-refractivity contribution in [1.29, 1.82) is 0 Å². The third-order valence-electron chi connectivity index (χ3n) is 4.37. The van der Waals surface area contributed by atoms with E-state index in [1.54, 1.807) is 25.1 Å². The molecule has 1 atom stereocenters. The Morgan fingerprint density at radius 2 is 1.89 bits per heavy atom. The van der Waals surface area contributed by atoms with Crippen LogP contribution in [-0.2, 0) is 4.74 Å². The molecule has 0 aliphatic rings. The number of thiocarbonyl (C=S) groups is 1. The topological polar surface area (TPSA) is 50.4 Å². The Balaban J connectivity index is 2.10. The summed E-state index contributed by atoms with van der Waals surface area (Å²) < 4.78 is 5.03. The molecule has 0 unspecified atom stereocenters. The molecule has 0 fully saturated rings. The van der Waals surface area contributed by atoms with Gasteiger partial charge in [-0.25, -0.2) is 4.79 Å². The molecule has 0 spiro atoms. The van der Waals surface area contributed by atoms with Crippen LogP contribution in [0.3, 0.4) is 0 Å². The summed E-state index contributed by atoms with van der Waals surface area (Å²) >= 11 is 11.6. The number of anilines is 1. The van der Waals surface area contributed by atoms with Gasteiger partial charge in [0, 0.05) is 5.69 Å². The van der Waals surface area contributed by atoms with E-state index in [0.29, 0.717) is 28.0 Å². The molecule has 2 aromatic rings. The van der Waals surface area contributed by atoms with Crippen molar-refractivity contribution in [2.45, 2.75) is 40.2 Å². The number of rotatable bonds is 6. The second kappa shape index (κ2) is 9.72. The van der Waals surface area contributed by atoms with Gasteiger partial charge in [0.25, 0.3) is 0 Å². The van der Waals surface area contributed by atoms with Crippen molar-refractivity contribution in [2.75, 3.05) is 11.9 Å². The maximum atomic E-state index is 12.0. The monoisotopic (exact) mass is 404 g/mol. The number of ether oxygens (including phenoxy) is 1. The number of benzene rings is 2. The van der Waals surface area contributed by atoms with Crippen molar-refractivity contribution in [3.63, 3.8) is 0 Å². The minimum Gasteiger partial charge on any atom is -0.462 e. The van der Waals surface area contributed by atoms with Crippen molar-refractivity contribution in [3.05, 3.63) is 63.7 Å². The van der Waals surface area contributed by atoms with Crippen LogP contribution in [0.1, 0.15) is 53.4 Å². The highest BCUT2D eigenvalue weighted by Gasteiger charge is 2.14. The minimum absolute atomic E-state index is 0.0983. The van der Waals surface area contributed by atoms with E-state index in [1.165, 1.54) is 16.7 Å². The number of nitrogens with one attached hydrogen (secondary N) is 2. The Labute approximate surface area is 171 Å². The Morgan fingerprint density at radius 1 is 1.15 bits per heavy atom. The zero-order valence-electron chi connectivity index (χ0n) is 16.1. The molecule has 0 saturated heterocycles. The molecule has 0 bridgehead atoms. The van der Waals surface area contributed by atoms with Crippen LogP contribution in [0.4, 0.5) is 5.69 Å². The van der Waals surface area contributed by atoms with Gasteiger partial charge in [-0.2, -0.15) is 0 Å². The number of aryl methyl sites for hydroxylation is 2. The van der Waals surface area contributed by atoms with Crippen LogP contribution < -0.4 is 10.6 Å². The van der Waals surface area contributed by atoms with Gasteiger partial charge in [-0.05, 0) is 74.3 Å². The number of esters is 1. The second-order valence-corrected chi connectivity index (χ2v) is 7.13. The largest absolute Gasteiger partial charge is 0.462 e. The SMILES string of the molecule is CCOC(=O)c1cc(NC(=S)N[C@H](CC)c2ccc(C)c(C)c2)ccc1Cl. The van der Waals surface area contributed by atoms with Crippen molar-refractivity contribution >= 4 is 40.6 Å². The van der Waals surface area contributed by atoms with Crippen LogP contribution in [0.15, 0.2) is 36.4 Å². The molecular formula is C21H25ClN2O2S. The van der Waals surface area contributed by atoms with E-state index in [0.717, 1.165) is 6.42 Å². The van der Waals surface area contributed by atoms with E-state index in [4.69, 9.17) is 28.6 Å². The lowest BCUT2D eigenvalue weighted by atomic mass is 9.99. The number of halogens is 1. The fourth-order valence-corrected chi connectivity index (χ4v) is 3.15. The smallest absolute Gasteiger partial charge is 0.339 e. The molecule has 0 radical (unpaired) electrons. The van der Waals surface area contributed by atoms with Gasteiger partial charge >= 0.3 is 5.97 Å². The zero-order valence-corrected chi connectivity index (χ0v) is 17.6. The van der Waals surface area contributed by atoms with Gasteiger partial charge in [0.15, 0.2) is 5.11 Å². The highest BCUT2D eigenvalue weighted by molar-refractivity contribution is 7.80. The van der Waals surface area contributed by atoms with Crippen molar-refractivity contribution < 1.29 is 9.53 Å². The highest BCUT2D eigenvalue weighted by Crippen LogP contribution is 2.23. The third-order valence-corrected chi connectivity index (χ3v) is 4.92. The molecule has 27 heavy (non-hydrogen) atoms. The maximum Gasteiger partial charge on any atom is 0.339 e. The van der Waals surface area contributed by atoms with E-state index in [1.807, 2.05) is 0 Å². The Kier molecular flexibility index (Phi) is 7.63. The molecule has 144 valence electrons. The van der Waals surface area contributed by atoms with Gasteiger partial charge in [0.2, 0.25) is 0 Å². The molecule has 2 rings (SSSR count). The average Bonchev–Trinajstić information content (AvgIpc) is 2.63. The molecule has 0 heterocycles. The van der Waals surface area contributed by atoms with Gasteiger partial charge in [-0.1, -0.05) is 36.7 Å². The molecule has 0 aromatic heterocycles. The van der Waals surface area contributed by atoms with Crippen LogP contribution in [0, 0.1) is 13.8 Å². The predicted octanol–water partition coefficient (Wildman–Crippen LogP) is 5.57. The number of carbonyl (C=O) groups excluding carboxylic acids is 1. The fraction of sp³-hybridized carbons (Fsp3) is 0.333. The average molecular weight is 405 g/mol. The van der Waals surface area contributed by atoms with Gasteiger partial charge in [0.05, 0.1) is 23.2 Å². The maximum absolute atomic E-state index is 12.0. The van der Waals surface area contributed by atoms with Crippen molar-refractivity contribution in [3.8, 4) is 0 Å². The second-order valence-electron chi connectivity index (χ2n) is 6.32. The number of hydrogen-bond donors (Lipinski definition) is 2. The molecule has 0 amide bonds. The van der Waals surface area contributed by atoms with Gasteiger partial charge < -0.3 is 15.4 Å².